The van der Waals surface area contributed by atoms with Crippen LogP contribution in [0.15, 0.2) is 68.4 Å². The van der Waals surface area contributed by atoms with Crippen LogP contribution in [0.3, 0.4) is 0 Å². The fourth-order valence-electron chi connectivity index (χ4n) is 3.88. The quantitative estimate of drug-likeness (QED) is 0.740. The molecule has 1 saturated heterocycles. The highest BCUT2D eigenvalue weighted by molar-refractivity contribution is 8.03. The lowest BCUT2D eigenvalue weighted by molar-refractivity contribution is -0.136. The van der Waals surface area contributed by atoms with Crippen molar-refractivity contribution in [1.82, 2.24) is 4.90 Å². The number of para-hydroxylation sites is 1. The molecule has 5 nitrogen and oxygen atoms in total. The van der Waals surface area contributed by atoms with Gasteiger partial charge in [-0.2, -0.15) is 0 Å². The number of ether oxygens (including phenoxy) is 1. The van der Waals surface area contributed by atoms with E-state index in [9.17, 15) is 9.59 Å². The minimum absolute atomic E-state index is 0.298. The lowest BCUT2D eigenvalue weighted by Gasteiger charge is -2.30. The second-order valence-electron chi connectivity index (χ2n) is 7.26. The first-order valence-electron chi connectivity index (χ1n) is 9.60. The smallest absolute Gasteiger partial charge is 0.231 e. The molecule has 0 spiro atoms. The molecule has 1 unspecified atom stereocenters. The number of ketones is 2. The van der Waals surface area contributed by atoms with E-state index in [4.69, 9.17) is 4.74 Å². The average molecular weight is 392 g/mol. The standard InChI is InChI=1S/C22H20N2O3S/c25-21-14(7-8-24-9-11-27-12-10-24)13-19-20(22(21)26)15-5-6-16(15)23-17-3-1-2-4-18(17)28-19/h1-6,13-14H,7-12H2. The van der Waals surface area contributed by atoms with Crippen LogP contribution in [0.2, 0.25) is 0 Å². The summed E-state index contributed by atoms with van der Waals surface area (Å²) < 4.78 is 5.39. The molecule has 2 aliphatic carbocycles. The summed E-state index contributed by atoms with van der Waals surface area (Å²) >= 11 is 1.54. The average Bonchev–Trinajstić information content (AvgIpc) is 2.70. The summed E-state index contributed by atoms with van der Waals surface area (Å²) in [4.78, 5) is 34.7. The van der Waals surface area contributed by atoms with Crippen molar-refractivity contribution in [3.63, 3.8) is 0 Å². The largest absolute Gasteiger partial charge is 0.379 e. The van der Waals surface area contributed by atoms with Crippen molar-refractivity contribution in [2.24, 2.45) is 10.9 Å². The van der Waals surface area contributed by atoms with E-state index >= 15 is 0 Å². The maximum atomic E-state index is 13.0. The fourth-order valence-corrected chi connectivity index (χ4v) is 5.02. The number of carbonyl (C=O) groups is 2. The highest BCUT2D eigenvalue weighted by Gasteiger charge is 2.38. The molecule has 0 radical (unpaired) electrons. The Morgan fingerprint density at radius 2 is 1.96 bits per heavy atom. The Hall–Kier alpha value is -2.28. The maximum absolute atomic E-state index is 13.0. The summed E-state index contributed by atoms with van der Waals surface area (Å²) in [7, 11) is 0. The van der Waals surface area contributed by atoms with Crippen LogP contribution in [0, 0.1) is 5.92 Å². The number of carbonyl (C=O) groups excluding carboxylic acids is 2. The molecule has 0 saturated carbocycles. The van der Waals surface area contributed by atoms with E-state index in [1.54, 1.807) is 11.8 Å². The van der Waals surface area contributed by atoms with Gasteiger partial charge in [-0.3, -0.25) is 14.5 Å². The Morgan fingerprint density at radius 3 is 2.75 bits per heavy atom. The highest BCUT2D eigenvalue weighted by Crippen LogP contribution is 2.45. The topological polar surface area (TPSA) is 59.0 Å². The molecule has 4 aliphatic rings. The van der Waals surface area contributed by atoms with E-state index in [2.05, 4.69) is 9.89 Å². The van der Waals surface area contributed by atoms with Crippen molar-refractivity contribution in [3.05, 3.63) is 58.5 Å². The van der Waals surface area contributed by atoms with Crippen molar-refractivity contribution in [3.8, 4) is 0 Å². The van der Waals surface area contributed by atoms with Gasteiger partial charge in [0.1, 0.15) is 0 Å². The van der Waals surface area contributed by atoms with Gasteiger partial charge in [-0.1, -0.05) is 30.0 Å². The molecule has 0 aromatic heterocycles. The van der Waals surface area contributed by atoms with Gasteiger partial charge < -0.3 is 4.74 Å². The molecule has 2 heterocycles. The van der Waals surface area contributed by atoms with Gasteiger partial charge >= 0.3 is 0 Å². The van der Waals surface area contributed by atoms with E-state index in [0.29, 0.717) is 12.0 Å². The van der Waals surface area contributed by atoms with Crippen molar-refractivity contribution >= 4 is 34.7 Å². The Bertz CT molecular complexity index is 983. The van der Waals surface area contributed by atoms with Crippen LogP contribution >= 0.6 is 11.8 Å². The number of thioether (sulfide) groups is 1. The van der Waals surface area contributed by atoms with E-state index < -0.39 is 0 Å². The third-order valence-electron chi connectivity index (χ3n) is 5.53. The molecule has 1 aromatic rings. The number of hydrogen-bond acceptors (Lipinski definition) is 6. The van der Waals surface area contributed by atoms with E-state index in [0.717, 1.165) is 59.6 Å². The van der Waals surface area contributed by atoms with Crippen molar-refractivity contribution in [2.75, 3.05) is 32.8 Å². The van der Waals surface area contributed by atoms with E-state index in [1.165, 1.54) is 0 Å². The molecule has 2 aliphatic heterocycles. The van der Waals surface area contributed by atoms with Gasteiger partial charge in [0.15, 0.2) is 0 Å². The molecule has 5 rings (SSSR count). The van der Waals surface area contributed by atoms with Crippen molar-refractivity contribution in [2.45, 2.75) is 11.3 Å². The van der Waals surface area contributed by atoms with Crippen LogP contribution < -0.4 is 0 Å². The van der Waals surface area contributed by atoms with E-state index in [1.807, 2.05) is 42.5 Å². The summed E-state index contributed by atoms with van der Waals surface area (Å²) in [5.41, 5.74) is 2.99. The second-order valence-corrected chi connectivity index (χ2v) is 8.35. The molecular weight excluding hydrogens is 372 g/mol. The summed E-state index contributed by atoms with van der Waals surface area (Å²) in [5.74, 6) is -1.03. The Kier molecular flexibility index (Phi) is 4.62. The number of rotatable bonds is 3. The van der Waals surface area contributed by atoms with E-state index in [-0.39, 0.29) is 17.5 Å². The van der Waals surface area contributed by atoms with Crippen LogP contribution in [-0.4, -0.2) is 55.0 Å². The first-order valence-corrected chi connectivity index (χ1v) is 10.4. The molecule has 142 valence electrons. The first-order chi connectivity index (χ1) is 13.7. The highest BCUT2D eigenvalue weighted by atomic mass is 32.2. The Labute approximate surface area is 167 Å². The summed E-state index contributed by atoms with van der Waals surface area (Å²) in [6.07, 6.45) is 6.45. The summed E-state index contributed by atoms with van der Waals surface area (Å²) in [6, 6.07) is 7.93. The zero-order valence-electron chi connectivity index (χ0n) is 15.4. The number of fused-ring (bicyclic) bond motifs is 3. The SMILES string of the molecule is O=C1C(=O)C(CCN2CCOCC2)C=C2Sc3ccccc3N=C3C=CC3=C12. The predicted octanol–water partition coefficient (Wildman–Crippen LogP) is 3.11. The lowest BCUT2D eigenvalue weighted by Crippen LogP contribution is -2.39. The molecule has 1 aromatic carbocycles. The van der Waals surface area contributed by atoms with Crippen LogP contribution in [-0.2, 0) is 14.3 Å². The number of benzene rings is 1. The third kappa shape index (κ3) is 3.11. The van der Waals surface area contributed by atoms with Crippen molar-refractivity contribution in [1.29, 1.82) is 0 Å². The molecule has 0 N–H and O–H groups in total. The predicted molar refractivity (Wildman–Crippen MR) is 109 cm³/mol. The first kappa shape index (κ1) is 17.8. The molecule has 1 atom stereocenters. The van der Waals surface area contributed by atoms with Gasteiger partial charge in [-0.15, -0.1) is 0 Å². The molecule has 28 heavy (non-hydrogen) atoms. The number of aliphatic imine (C=N–C) groups is 1. The zero-order valence-corrected chi connectivity index (χ0v) is 16.2. The van der Waals surface area contributed by atoms with Gasteiger partial charge in [0.05, 0.1) is 24.6 Å². The number of Topliss-reactive ketones (excluding diaryl/α,β-unsaturated/α-hetero) is 2. The second kappa shape index (κ2) is 7.28. The fraction of sp³-hybridized carbons (Fsp3) is 0.318. The maximum Gasteiger partial charge on any atom is 0.231 e. The van der Waals surface area contributed by atoms with Gasteiger partial charge in [0, 0.05) is 40.0 Å². The zero-order chi connectivity index (χ0) is 19.1. The van der Waals surface area contributed by atoms with Crippen LogP contribution in [0.1, 0.15) is 6.42 Å². The normalized spacial score (nSPS) is 24.4. The van der Waals surface area contributed by atoms with Crippen LogP contribution in [0.5, 0.6) is 0 Å². The van der Waals surface area contributed by atoms with Gasteiger partial charge in [0.2, 0.25) is 11.6 Å². The molecule has 0 bridgehead atoms. The molecule has 6 heteroatoms. The minimum atomic E-state index is -0.372. The van der Waals surface area contributed by atoms with Crippen LogP contribution in [0.4, 0.5) is 5.69 Å². The summed E-state index contributed by atoms with van der Waals surface area (Å²) in [6.45, 7) is 4.03. The number of morpholine rings is 1. The van der Waals surface area contributed by atoms with Gasteiger partial charge in [-0.25, -0.2) is 4.99 Å². The third-order valence-corrected chi connectivity index (χ3v) is 6.65. The molecular formula is C22H20N2O3S. The van der Waals surface area contributed by atoms with Crippen LogP contribution in [0.25, 0.3) is 0 Å². The number of allylic oxidation sites excluding steroid dienone is 5. The van der Waals surface area contributed by atoms with Crippen molar-refractivity contribution < 1.29 is 14.3 Å². The Morgan fingerprint density at radius 1 is 1.14 bits per heavy atom. The van der Waals surface area contributed by atoms with Gasteiger partial charge in [-0.05, 0) is 37.3 Å². The minimum Gasteiger partial charge on any atom is -0.379 e. The molecule has 1 fully saturated rings. The number of hydrogen-bond donors (Lipinski definition) is 0. The summed E-state index contributed by atoms with van der Waals surface area (Å²) in [5, 5.41) is 0. The Balaban J connectivity index is 1.49. The lowest BCUT2D eigenvalue weighted by atomic mass is 9.82. The monoisotopic (exact) mass is 392 g/mol. The molecule has 0 amide bonds. The number of nitrogens with zero attached hydrogens (tertiary/aromatic N) is 2. The van der Waals surface area contributed by atoms with Gasteiger partial charge in [0.25, 0.3) is 0 Å².